The number of aromatic hydroxyl groups is 1. The van der Waals surface area contributed by atoms with Gasteiger partial charge in [0, 0.05) is 29.5 Å². The number of imide groups is 1. The number of hydrogen-bond acceptors (Lipinski definition) is 7. The zero-order valence-electron chi connectivity index (χ0n) is 23.3. The van der Waals surface area contributed by atoms with Gasteiger partial charge in [0.1, 0.15) is 5.75 Å². The van der Waals surface area contributed by atoms with Crippen LogP contribution in [0, 0.1) is 39.2 Å². The summed E-state index contributed by atoms with van der Waals surface area (Å²) in [7, 11) is 0. The van der Waals surface area contributed by atoms with Gasteiger partial charge in [-0.3, -0.25) is 29.3 Å². The number of anilines is 1. The van der Waals surface area contributed by atoms with Crippen molar-refractivity contribution in [1.29, 1.82) is 0 Å². The van der Waals surface area contributed by atoms with Crippen molar-refractivity contribution in [2.45, 2.75) is 39.0 Å². The average molecular weight is 567 g/mol. The number of ketones is 2. The number of fused-ring (bicyclic) bond motifs is 4. The SMILES string of the molecule is C=CCc1cccc([C@H]2C3=CC[C@@H]4C(=O)N(c5cccc([N+](=O)[O-])c5)C(=O)[C@@H]4[C@@H]3C[C@H]3C(=O)C=C(C)C(=O)[C@@]23C)c1O. The number of allylic oxidation sites excluding steroid dienone is 5. The first-order valence-electron chi connectivity index (χ1n) is 14.0. The topological polar surface area (TPSA) is 135 Å². The molecular weight excluding hydrogens is 536 g/mol. The lowest BCUT2D eigenvalue weighted by atomic mass is 9.47. The van der Waals surface area contributed by atoms with Crippen LogP contribution >= 0.6 is 0 Å². The fraction of sp³-hybridized carbons (Fsp3) is 0.333. The number of non-ortho nitro benzene ring substituents is 1. The molecule has 2 amide bonds. The fourth-order valence-electron chi connectivity index (χ4n) is 7.90. The van der Waals surface area contributed by atoms with Gasteiger partial charge in [-0.2, -0.15) is 0 Å². The maximum Gasteiger partial charge on any atom is 0.271 e. The molecule has 6 rings (SSSR count). The zero-order chi connectivity index (χ0) is 30.1. The van der Waals surface area contributed by atoms with Crippen LogP contribution in [-0.2, 0) is 25.6 Å². The van der Waals surface area contributed by atoms with Crippen molar-refractivity contribution in [2.24, 2.45) is 29.1 Å². The second kappa shape index (κ2) is 9.72. The van der Waals surface area contributed by atoms with Gasteiger partial charge in [-0.25, -0.2) is 4.90 Å². The molecule has 1 saturated heterocycles. The number of Topliss-reactive ketones (excluding diaryl/α,β-unsaturated/α-hetero) is 1. The van der Waals surface area contributed by atoms with Gasteiger partial charge in [0.15, 0.2) is 11.6 Å². The van der Waals surface area contributed by atoms with E-state index in [1.54, 1.807) is 38.1 Å². The average Bonchev–Trinajstić information content (AvgIpc) is 3.22. The molecule has 2 fully saturated rings. The molecule has 1 N–H and O–H groups in total. The van der Waals surface area contributed by atoms with Crippen LogP contribution in [0.15, 0.2) is 78.4 Å². The van der Waals surface area contributed by atoms with E-state index in [0.717, 1.165) is 10.5 Å². The van der Waals surface area contributed by atoms with Crippen LogP contribution in [0.25, 0.3) is 0 Å². The van der Waals surface area contributed by atoms with Crippen molar-refractivity contribution in [3.8, 4) is 5.75 Å². The highest BCUT2D eigenvalue weighted by atomic mass is 16.6. The van der Waals surface area contributed by atoms with Gasteiger partial charge in [0.2, 0.25) is 11.8 Å². The third kappa shape index (κ3) is 3.76. The van der Waals surface area contributed by atoms with Gasteiger partial charge < -0.3 is 5.11 Å². The van der Waals surface area contributed by atoms with E-state index in [9.17, 15) is 34.4 Å². The first-order chi connectivity index (χ1) is 20.0. The molecule has 0 aromatic heterocycles. The highest BCUT2D eigenvalue weighted by molar-refractivity contribution is 6.22. The number of carbonyl (C=O) groups is 4. The number of nitro groups is 1. The predicted octanol–water partition coefficient (Wildman–Crippen LogP) is 4.99. The van der Waals surface area contributed by atoms with Crippen LogP contribution < -0.4 is 4.90 Å². The summed E-state index contributed by atoms with van der Waals surface area (Å²) in [5, 5.41) is 22.9. The molecule has 1 saturated carbocycles. The lowest BCUT2D eigenvalue weighted by Crippen LogP contribution is -2.54. The van der Waals surface area contributed by atoms with Gasteiger partial charge in [-0.15, -0.1) is 6.58 Å². The lowest BCUT2D eigenvalue weighted by molar-refractivity contribution is -0.384. The number of amides is 2. The van der Waals surface area contributed by atoms with Gasteiger partial charge in [0.05, 0.1) is 27.9 Å². The summed E-state index contributed by atoms with van der Waals surface area (Å²) < 4.78 is 0. The minimum atomic E-state index is -1.21. The molecule has 214 valence electrons. The molecule has 3 aliphatic carbocycles. The minimum absolute atomic E-state index is 0.0190. The Kier molecular flexibility index (Phi) is 6.36. The van der Waals surface area contributed by atoms with Crippen molar-refractivity contribution < 1.29 is 29.2 Å². The molecule has 2 aromatic rings. The number of hydrogen-bond donors (Lipinski definition) is 1. The van der Waals surface area contributed by atoms with Crippen LogP contribution in [0.3, 0.4) is 0 Å². The normalized spacial score (nSPS) is 30.2. The van der Waals surface area contributed by atoms with Gasteiger partial charge in [-0.05, 0) is 55.4 Å². The Balaban J connectivity index is 1.50. The second-order valence-electron chi connectivity index (χ2n) is 11.9. The Morgan fingerprint density at radius 1 is 1.12 bits per heavy atom. The fourth-order valence-corrected chi connectivity index (χ4v) is 7.90. The third-order valence-electron chi connectivity index (χ3n) is 9.77. The molecule has 9 nitrogen and oxygen atoms in total. The first-order valence-corrected chi connectivity index (χ1v) is 14.0. The van der Waals surface area contributed by atoms with E-state index < -0.39 is 51.7 Å². The summed E-state index contributed by atoms with van der Waals surface area (Å²) in [5.41, 5.74) is 0.925. The number of phenols is 1. The van der Waals surface area contributed by atoms with E-state index in [2.05, 4.69) is 6.58 Å². The molecule has 42 heavy (non-hydrogen) atoms. The van der Waals surface area contributed by atoms with Crippen LogP contribution in [-0.4, -0.2) is 33.4 Å². The molecule has 0 spiro atoms. The molecule has 1 heterocycles. The molecule has 2 aromatic carbocycles. The highest BCUT2D eigenvalue weighted by Crippen LogP contribution is 2.63. The van der Waals surface area contributed by atoms with Crippen LogP contribution in [0.2, 0.25) is 0 Å². The van der Waals surface area contributed by atoms with Crippen LogP contribution in [0.4, 0.5) is 11.4 Å². The van der Waals surface area contributed by atoms with E-state index in [4.69, 9.17) is 0 Å². The van der Waals surface area contributed by atoms with E-state index in [1.165, 1.54) is 30.3 Å². The largest absolute Gasteiger partial charge is 0.507 e. The van der Waals surface area contributed by atoms with Crippen molar-refractivity contribution in [2.75, 3.05) is 4.90 Å². The van der Waals surface area contributed by atoms with Gasteiger partial charge in [0.25, 0.3) is 5.69 Å². The van der Waals surface area contributed by atoms with Crippen molar-refractivity contribution in [1.82, 2.24) is 0 Å². The summed E-state index contributed by atoms with van der Waals surface area (Å²) >= 11 is 0. The number of nitro benzene ring substituents is 1. The Morgan fingerprint density at radius 2 is 1.86 bits per heavy atom. The molecule has 6 atom stereocenters. The smallest absolute Gasteiger partial charge is 0.271 e. The third-order valence-corrected chi connectivity index (χ3v) is 9.77. The Labute approximate surface area is 242 Å². The maximum absolute atomic E-state index is 14.1. The molecule has 0 bridgehead atoms. The summed E-state index contributed by atoms with van der Waals surface area (Å²) in [6.45, 7) is 7.18. The van der Waals surface area contributed by atoms with Crippen LogP contribution in [0.1, 0.15) is 43.7 Å². The number of carbonyl (C=O) groups excluding carboxylic acids is 4. The van der Waals surface area contributed by atoms with Crippen LogP contribution in [0.5, 0.6) is 5.75 Å². The molecule has 1 aliphatic heterocycles. The maximum atomic E-state index is 14.1. The lowest BCUT2D eigenvalue weighted by Gasteiger charge is -2.53. The highest BCUT2D eigenvalue weighted by Gasteiger charge is 2.63. The minimum Gasteiger partial charge on any atom is -0.507 e. The van der Waals surface area contributed by atoms with E-state index in [1.807, 2.05) is 6.08 Å². The van der Waals surface area contributed by atoms with Crippen molar-refractivity contribution in [3.05, 3.63) is 99.7 Å². The van der Waals surface area contributed by atoms with E-state index in [0.29, 0.717) is 23.1 Å². The molecule has 9 heteroatoms. The number of benzene rings is 2. The van der Waals surface area contributed by atoms with E-state index >= 15 is 0 Å². The summed E-state index contributed by atoms with van der Waals surface area (Å²) in [6, 6.07) is 10.8. The summed E-state index contributed by atoms with van der Waals surface area (Å²) in [4.78, 5) is 67.1. The molecule has 4 aliphatic rings. The second-order valence-corrected chi connectivity index (χ2v) is 11.9. The number of rotatable bonds is 5. The Bertz CT molecular complexity index is 1670. The summed E-state index contributed by atoms with van der Waals surface area (Å²) in [5.74, 6) is -4.83. The quantitative estimate of drug-likeness (QED) is 0.233. The van der Waals surface area contributed by atoms with Gasteiger partial charge >= 0.3 is 0 Å². The van der Waals surface area contributed by atoms with Crippen molar-refractivity contribution >= 4 is 34.8 Å². The predicted molar refractivity (Wildman–Crippen MR) is 153 cm³/mol. The van der Waals surface area contributed by atoms with E-state index in [-0.39, 0.29) is 41.5 Å². The monoisotopic (exact) mass is 566 g/mol. The Morgan fingerprint density at radius 3 is 2.57 bits per heavy atom. The summed E-state index contributed by atoms with van der Waals surface area (Å²) in [6.07, 6.45) is 5.77. The first kappa shape index (κ1) is 27.5. The molecule has 0 radical (unpaired) electrons. The van der Waals surface area contributed by atoms with Gasteiger partial charge in [-0.1, -0.05) is 48.9 Å². The number of phenolic OH excluding ortho intramolecular Hbond substituents is 1. The zero-order valence-corrected chi connectivity index (χ0v) is 23.3. The number of para-hydroxylation sites is 1. The Hall–Kier alpha value is -4.66. The molecule has 0 unspecified atom stereocenters. The standard InChI is InChI=1S/C33H30N2O7/c1-4-7-18-8-5-11-23(29(18)37)28-21-12-13-22-27(24(21)16-25-26(36)14-17(2)30(38)33(25,28)3)32(40)34(31(22)39)19-9-6-10-20(15-19)35(41)42/h4-6,8-12,14-15,22,24-25,27-28,37H,1,7,13,16H2,2-3H3/t22-,24+,25-,27-,28+,33+/m0/s1. The molecular formula is C33H30N2O7. The number of nitrogens with zero attached hydrogens (tertiary/aromatic N) is 2. The van der Waals surface area contributed by atoms with Crippen molar-refractivity contribution in [3.63, 3.8) is 0 Å².